The summed E-state index contributed by atoms with van der Waals surface area (Å²) in [4.78, 5) is 41.4. The number of rotatable bonds is 12. The fraction of sp³-hybridized carbons (Fsp3) is 0.581. The zero-order valence-corrected chi connectivity index (χ0v) is 25.4. The van der Waals surface area contributed by atoms with Gasteiger partial charge in [0.15, 0.2) is 0 Å². The molecular formula is C31H47ClN4O4. The van der Waals surface area contributed by atoms with E-state index in [1.54, 1.807) is 4.90 Å². The third-order valence-electron chi connectivity index (χ3n) is 7.13. The standard InChI is InChI=1S/C31H46N4O4.ClH/c1-21(2)14-15-32-19-25(36)20-33-28(37)26(18-22-12-13-23-9-6-7-10-24(23)17-22)34-29(38)27-11-8-16-35(27)30(39)31(3,4)5;/h6-7,9-10,12-13,17,21,25-27,32,36H,8,11,14-16,18-20H2,1-5H3,(H,33,37)(H,34,38);1H/t25?,26-,27?;/m1./s1. The zero-order valence-electron chi connectivity index (χ0n) is 24.5. The van der Waals surface area contributed by atoms with Gasteiger partial charge in [-0.2, -0.15) is 0 Å². The summed E-state index contributed by atoms with van der Waals surface area (Å²) in [5.41, 5.74) is 0.323. The number of hydrogen-bond acceptors (Lipinski definition) is 5. The Kier molecular flexibility index (Phi) is 12.9. The van der Waals surface area contributed by atoms with Gasteiger partial charge < -0.3 is 26.0 Å². The van der Waals surface area contributed by atoms with Crippen LogP contribution in [-0.4, -0.2) is 72.1 Å². The maximum Gasteiger partial charge on any atom is 0.243 e. The first kappa shape index (κ1) is 33.5. The van der Waals surface area contributed by atoms with E-state index in [1.807, 2.05) is 63.2 Å². The highest BCUT2D eigenvalue weighted by atomic mass is 35.5. The topological polar surface area (TPSA) is 111 Å². The van der Waals surface area contributed by atoms with Gasteiger partial charge in [0, 0.05) is 31.5 Å². The number of nitrogens with one attached hydrogen (secondary N) is 3. The Hall–Kier alpha value is -2.68. The predicted octanol–water partition coefficient (Wildman–Crippen LogP) is 3.44. The van der Waals surface area contributed by atoms with E-state index in [0.717, 1.165) is 35.7 Å². The molecule has 3 atom stereocenters. The number of aliphatic hydroxyl groups is 1. The van der Waals surface area contributed by atoms with Gasteiger partial charge in [0.2, 0.25) is 17.7 Å². The predicted molar refractivity (Wildman–Crippen MR) is 162 cm³/mol. The van der Waals surface area contributed by atoms with Crippen molar-refractivity contribution in [3.63, 3.8) is 0 Å². The van der Waals surface area contributed by atoms with Gasteiger partial charge in [-0.05, 0) is 48.1 Å². The highest BCUT2D eigenvalue weighted by Crippen LogP contribution is 2.26. The van der Waals surface area contributed by atoms with E-state index in [-0.39, 0.29) is 36.7 Å². The molecule has 3 amide bonds. The van der Waals surface area contributed by atoms with Crippen LogP contribution in [0.25, 0.3) is 10.8 Å². The Balaban J connectivity index is 0.00000560. The summed E-state index contributed by atoms with van der Waals surface area (Å²) < 4.78 is 0. The van der Waals surface area contributed by atoms with Crippen LogP contribution in [0.2, 0.25) is 0 Å². The third kappa shape index (κ3) is 9.75. The summed E-state index contributed by atoms with van der Waals surface area (Å²) in [6, 6.07) is 12.6. The summed E-state index contributed by atoms with van der Waals surface area (Å²) in [7, 11) is 0. The molecule has 8 nitrogen and oxygen atoms in total. The van der Waals surface area contributed by atoms with Crippen LogP contribution < -0.4 is 16.0 Å². The molecule has 0 radical (unpaired) electrons. The van der Waals surface area contributed by atoms with Crippen molar-refractivity contribution in [2.24, 2.45) is 11.3 Å². The van der Waals surface area contributed by atoms with Gasteiger partial charge in [-0.15, -0.1) is 12.4 Å². The molecule has 2 unspecified atom stereocenters. The maximum absolute atomic E-state index is 13.4. The summed E-state index contributed by atoms with van der Waals surface area (Å²) in [5, 5.41) is 21.5. The Labute approximate surface area is 245 Å². The first-order valence-corrected chi connectivity index (χ1v) is 14.2. The van der Waals surface area contributed by atoms with Crippen LogP contribution in [0.15, 0.2) is 42.5 Å². The summed E-state index contributed by atoms with van der Waals surface area (Å²) in [5.74, 6) is -0.168. The van der Waals surface area contributed by atoms with Gasteiger partial charge in [0.05, 0.1) is 6.10 Å². The van der Waals surface area contributed by atoms with Crippen molar-refractivity contribution in [1.29, 1.82) is 0 Å². The Bertz CT molecular complexity index is 1130. The number of hydrogen-bond donors (Lipinski definition) is 4. The average Bonchev–Trinajstić information content (AvgIpc) is 3.38. The monoisotopic (exact) mass is 574 g/mol. The molecule has 2 aromatic rings. The molecule has 1 heterocycles. The van der Waals surface area contributed by atoms with Crippen LogP contribution >= 0.6 is 12.4 Å². The third-order valence-corrected chi connectivity index (χ3v) is 7.13. The molecule has 1 fully saturated rings. The number of nitrogens with zero attached hydrogens (tertiary/aromatic N) is 1. The summed E-state index contributed by atoms with van der Waals surface area (Å²) >= 11 is 0. The molecule has 2 aromatic carbocycles. The van der Waals surface area contributed by atoms with Crippen LogP contribution in [-0.2, 0) is 20.8 Å². The van der Waals surface area contributed by atoms with Crippen molar-refractivity contribution in [3.8, 4) is 0 Å². The van der Waals surface area contributed by atoms with Crippen molar-refractivity contribution in [2.75, 3.05) is 26.2 Å². The Morgan fingerprint density at radius 3 is 2.42 bits per heavy atom. The smallest absolute Gasteiger partial charge is 0.243 e. The minimum atomic E-state index is -0.841. The highest BCUT2D eigenvalue weighted by molar-refractivity contribution is 5.93. The number of aliphatic hydroxyl groups excluding tert-OH is 1. The second-order valence-corrected chi connectivity index (χ2v) is 12.1. The number of likely N-dealkylation sites (tertiary alicyclic amines) is 1. The number of carbonyl (C=O) groups is 3. The fourth-order valence-corrected chi connectivity index (χ4v) is 4.87. The quantitative estimate of drug-likeness (QED) is 0.290. The number of halogens is 1. The normalized spacial score (nSPS) is 16.9. The molecule has 0 aliphatic carbocycles. The van der Waals surface area contributed by atoms with Crippen LogP contribution in [0.1, 0.15) is 59.4 Å². The first-order chi connectivity index (χ1) is 18.5. The van der Waals surface area contributed by atoms with Crippen LogP contribution in [0.4, 0.5) is 0 Å². The largest absolute Gasteiger partial charge is 0.390 e. The minimum Gasteiger partial charge on any atom is -0.390 e. The maximum atomic E-state index is 13.4. The molecule has 222 valence electrons. The van der Waals surface area contributed by atoms with E-state index in [2.05, 4.69) is 29.8 Å². The molecule has 4 N–H and O–H groups in total. The molecule has 0 spiro atoms. The van der Waals surface area contributed by atoms with E-state index in [1.165, 1.54) is 0 Å². The molecule has 0 aromatic heterocycles. The second-order valence-electron chi connectivity index (χ2n) is 12.1. The molecule has 1 aliphatic heterocycles. The van der Waals surface area contributed by atoms with Gasteiger partial charge in [0.1, 0.15) is 12.1 Å². The molecule has 0 bridgehead atoms. The number of amides is 3. The summed E-state index contributed by atoms with van der Waals surface area (Å²) in [6.45, 7) is 11.6. The molecule has 40 heavy (non-hydrogen) atoms. The second kappa shape index (κ2) is 15.4. The van der Waals surface area contributed by atoms with E-state index in [9.17, 15) is 19.5 Å². The van der Waals surface area contributed by atoms with Crippen molar-refractivity contribution >= 4 is 40.9 Å². The van der Waals surface area contributed by atoms with Crippen LogP contribution in [0, 0.1) is 11.3 Å². The van der Waals surface area contributed by atoms with Gasteiger partial charge in [-0.1, -0.05) is 77.1 Å². The number of benzene rings is 2. The van der Waals surface area contributed by atoms with Crippen molar-refractivity contribution in [3.05, 3.63) is 48.0 Å². The summed E-state index contributed by atoms with van der Waals surface area (Å²) in [6.07, 6.45) is 1.88. The van der Waals surface area contributed by atoms with Crippen molar-refractivity contribution in [2.45, 2.75) is 78.5 Å². The van der Waals surface area contributed by atoms with Crippen LogP contribution in [0.3, 0.4) is 0 Å². The molecule has 9 heteroatoms. The highest BCUT2D eigenvalue weighted by Gasteiger charge is 2.39. The Morgan fingerprint density at radius 1 is 1.05 bits per heavy atom. The van der Waals surface area contributed by atoms with E-state index < -0.39 is 23.6 Å². The van der Waals surface area contributed by atoms with E-state index in [0.29, 0.717) is 31.8 Å². The van der Waals surface area contributed by atoms with Crippen molar-refractivity contribution < 1.29 is 19.5 Å². The first-order valence-electron chi connectivity index (χ1n) is 14.2. The average molecular weight is 575 g/mol. The van der Waals surface area contributed by atoms with E-state index in [4.69, 9.17) is 0 Å². The molecule has 0 saturated carbocycles. The zero-order chi connectivity index (χ0) is 28.6. The molecular weight excluding hydrogens is 528 g/mol. The lowest BCUT2D eigenvalue weighted by molar-refractivity contribution is -0.145. The fourth-order valence-electron chi connectivity index (χ4n) is 4.87. The Morgan fingerprint density at radius 2 is 1.75 bits per heavy atom. The minimum absolute atomic E-state index is 0. The number of fused-ring (bicyclic) bond motifs is 1. The van der Waals surface area contributed by atoms with Gasteiger partial charge in [0.25, 0.3) is 0 Å². The molecule has 1 aliphatic rings. The molecule has 3 rings (SSSR count). The number of carbonyl (C=O) groups excluding carboxylic acids is 3. The van der Waals surface area contributed by atoms with Gasteiger partial charge in [-0.25, -0.2) is 0 Å². The SMILES string of the molecule is CC(C)CCNCC(O)CNC(=O)[C@@H](Cc1ccc2ccccc2c1)NC(=O)C1CCCN1C(=O)C(C)(C)C.Cl. The van der Waals surface area contributed by atoms with Crippen LogP contribution in [0.5, 0.6) is 0 Å². The van der Waals surface area contributed by atoms with Gasteiger partial charge in [-0.3, -0.25) is 14.4 Å². The lowest BCUT2D eigenvalue weighted by atomic mass is 9.94. The van der Waals surface area contributed by atoms with Crippen molar-refractivity contribution in [1.82, 2.24) is 20.9 Å². The lowest BCUT2D eigenvalue weighted by Gasteiger charge is -2.31. The lowest BCUT2D eigenvalue weighted by Crippen LogP contribution is -2.55. The molecule has 1 saturated heterocycles. The van der Waals surface area contributed by atoms with Gasteiger partial charge >= 0.3 is 0 Å². The van der Waals surface area contributed by atoms with E-state index >= 15 is 0 Å².